The molecular weight excluding hydrogens is 376 g/mol. The van der Waals surface area contributed by atoms with Crippen LogP contribution in [-0.4, -0.2) is 11.9 Å². The fourth-order valence-corrected chi connectivity index (χ4v) is 4.71. The number of rotatable bonds is 4. The summed E-state index contributed by atoms with van der Waals surface area (Å²) in [4.78, 5) is 26.6. The second kappa shape index (κ2) is 7.63. The maximum Gasteiger partial charge on any atom is 0.336 e. The van der Waals surface area contributed by atoms with Gasteiger partial charge in [0.2, 0.25) is 5.91 Å². The van der Waals surface area contributed by atoms with Crippen molar-refractivity contribution in [3.8, 4) is 0 Å². The number of hydrogen-bond acceptors (Lipinski definition) is 4. The van der Waals surface area contributed by atoms with Crippen LogP contribution in [0.3, 0.4) is 0 Å². The summed E-state index contributed by atoms with van der Waals surface area (Å²) < 4.78 is 5.52. The van der Waals surface area contributed by atoms with Gasteiger partial charge in [-0.3, -0.25) is 4.79 Å². The summed E-state index contributed by atoms with van der Waals surface area (Å²) in [6, 6.07) is 13.7. The van der Waals surface area contributed by atoms with Crippen molar-refractivity contribution in [2.75, 3.05) is 4.90 Å². The molecule has 2 atom stereocenters. The molecule has 3 aromatic rings. The van der Waals surface area contributed by atoms with E-state index in [-0.39, 0.29) is 23.5 Å². The molecule has 30 heavy (non-hydrogen) atoms. The molecule has 1 amide bonds. The van der Waals surface area contributed by atoms with Crippen LogP contribution in [0.4, 0.5) is 5.69 Å². The van der Waals surface area contributed by atoms with Gasteiger partial charge in [-0.15, -0.1) is 0 Å². The van der Waals surface area contributed by atoms with E-state index in [1.807, 2.05) is 37.3 Å². The van der Waals surface area contributed by atoms with Gasteiger partial charge in [0, 0.05) is 29.7 Å². The van der Waals surface area contributed by atoms with Crippen LogP contribution in [0.1, 0.15) is 61.3 Å². The normalized spacial score (nSPS) is 18.6. The SMILES string of the molecule is Cc1cc2oc(=O)cc(CN3c4ccccc4[C@@H](C(N)=O)C[C@H]3C)c2cc1C(C)C. The molecule has 0 spiro atoms. The van der Waals surface area contributed by atoms with Crippen LogP contribution in [0.25, 0.3) is 11.0 Å². The molecule has 1 aliphatic heterocycles. The monoisotopic (exact) mass is 404 g/mol. The fraction of sp³-hybridized carbons (Fsp3) is 0.360. The lowest BCUT2D eigenvalue weighted by Gasteiger charge is -2.40. The molecule has 0 bridgehead atoms. The van der Waals surface area contributed by atoms with Crippen LogP contribution < -0.4 is 16.3 Å². The first kappa shape index (κ1) is 20.2. The highest BCUT2D eigenvalue weighted by Crippen LogP contribution is 2.39. The first-order valence-electron chi connectivity index (χ1n) is 10.5. The van der Waals surface area contributed by atoms with Crippen molar-refractivity contribution in [2.24, 2.45) is 5.73 Å². The molecule has 1 aromatic heterocycles. The molecule has 0 saturated heterocycles. The molecule has 0 fully saturated rings. The average molecular weight is 405 g/mol. The summed E-state index contributed by atoms with van der Waals surface area (Å²) in [5, 5.41) is 0.964. The largest absolute Gasteiger partial charge is 0.423 e. The Bertz CT molecular complexity index is 1180. The van der Waals surface area contributed by atoms with Crippen LogP contribution in [0.5, 0.6) is 0 Å². The number of aryl methyl sites for hydroxylation is 1. The number of nitrogens with two attached hydrogens (primary N) is 1. The van der Waals surface area contributed by atoms with Gasteiger partial charge < -0.3 is 15.1 Å². The predicted molar refractivity (Wildman–Crippen MR) is 120 cm³/mol. The van der Waals surface area contributed by atoms with Crippen molar-refractivity contribution < 1.29 is 9.21 Å². The summed E-state index contributed by atoms with van der Waals surface area (Å²) in [5.74, 6) is -0.211. The Morgan fingerprint density at radius 3 is 2.67 bits per heavy atom. The summed E-state index contributed by atoms with van der Waals surface area (Å²) >= 11 is 0. The summed E-state index contributed by atoms with van der Waals surface area (Å²) in [6.45, 7) is 9.05. The van der Waals surface area contributed by atoms with Crippen molar-refractivity contribution in [3.05, 3.63) is 75.1 Å². The van der Waals surface area contributed by atoms with E-state index < -0.39 is 0 Å². The van der Waals surface area contributed by atoms with Gasteiger partial charge in [0.05, 0.1) is 5.92 Å². The lowest BCUT2D eigenvalue weighted by atomic mass is 9.85. The topological polar surface area (TPSA) is 76.5 Å². The second-order valence-electron chi connectivity index (χ2n) is 8.68. The molecule has 0 aliphatic carbocycles. The third-order valence-corrected chi connectivity index (χ3v) is 6.25. The molecule has 5 nitrogen and oxygen atoms in total. The van der Waals surface area contributed by atoms with Crippen LogP contribution in [-0.2, 0) is 11.3 Å². The summed E-state index contributed by atoms with van der Waals surface area (Å²) in [6.07, 6.45) is 0.655. The minimum atomic E-state index is -0.345. The zero-order valence-corrected chi connectivity index (χ0v) is 17.9. The Morgan fingerprint density at radius 1 is 1.23 bits per heavy atom. The van der Waals surface area contributed by atoms with Crippen molar-refractivity contribution in [3.63, 3.8) is 0 Å². The van der Waals surface area contributed by atoms with E-state index in [1.54, 1.807) is 6.07 Å². The second-order valence-corrected chi connectivity index (χ2v) is 8.68. The first-order chi connectivity index (χ1) is 14.3. The van der Waals surface area contributed by atoms with E-state index in [2.05, 4.69) is 31.7 Å². The van der Waals surface area contributed by atoms with Crippen LogP contribution >= 0.6 is 0 Å². The number of anilines is 1. The quantitative estimate of drug-likeness (QED) is 0.645. The molecular formula is C25H28N2O3. The number of amides is 1. The third-order valence-electron chi connectivity index (χ3n) is 6.25. The van der Waals surface area contributed by atoms with E-state index in [0.29, 0.717) is 24.5 Å². The highest BCUT2D eigenvalue weighted by Gasteiger charge is 2.33. The molecule has 4 rings (SSSR count). The minimum Gasteiger partial charge on any atom is -0.423 e. The molecule has 2 N–H and O–H groups in total. The number of fused-ring (bicyclic) bond motifs is 2. The Morgan fingerprint density at radius 2 is 1.97 bits per heavy atom. The maximum atomic E-state index is 12.3. The molecule has 2 heterocycles. The molecule has 0 saturated carbocycles. The fourth-order valence-electron chi connectivity index (χ4n) is 4.71. The van der Waals surface area contributed by atoms with Gasteiger partial charge in [0.25, 0.3) is 0 Å². The van der Waals surface area contributed by atoms with Crippen LogP contribution in [0.15, 0.2) is 51.7 Å². The van der Waals surface area contributed by atoms with Crippen LogP contribution in [0.2, 0.25) is 0 Å². The lowest BCUT2D eigenvalue weighted by Crippen LogP contribution is -2.41. The van der Waals surface area contributed by atoms with Gasteiger partial charge in [-0.05, 0) is 66.6 Å². The first-order valence-corrected chi connectivity index (χ1v) is 10.5. The van der Waals surface area contributed by atoms with Gasteiger partial charge in [-0.25, -0.2) is 4.79 Å². The molecule has 0 unspecified atom stereocenters. The number of carbonyl (C=O) groups excluding carboxylic acids is 1. The van der Waals surface area contributed by atoms with Gasteiger partial charge in [0.1, 0.15) is 5.58 Å². The number of nitrogens with zero attached hydrogens (tertiary/aromatic N) is 1. The predicted octanol–water partition coefficient (Wildman–Crippen LogP) is 4.59. The smallest absolute Gasteiger partial charge is 0.336 e. The van der Waals surface area contributed by atoms with Gasteiger partial charge >= 0.3 is 5.63 Å². The Balaban J connectivity index is 1.84. The highest BCUT2D eigenvalue weighted by atomic mass is 16.4. The number of benzene rings is 2. The van der Waals surface area contributed by atoms with Gasteiger partial charge in [-0.2, -0.15) is 0 Å². The zero-order valence-electron chi connectivity index (χ0n) is 17.9. The van der Waals surface area contributed by atoms with E-state index >= 15 is 0 Å². The van der Waals surface area contributed by atoms with Crippen LogP contribution in [0, 0.1) is 6.92 Å². The summed E-state index contributed by atoms with van der Waals surface area (Å²) in [7, 11) is 0. The number of primary amides is 1. The third kappa shape index (κ3) is 3.49. The highest BCUT2D eigenvalue weighted by molar-refractivity contribution is 5.86. The molecule has 0 radical (unpaired) electrons. The zero-order chi connectivity index (χ0) is 21.6. The van der Waals surface area contributed by atoms with E-state index in [0.717, 1.165) is 27.8 Å². The van der Waals surface area contributed by atoms with Gasteiger partial charge in [-0.1, -0.05) is 32.0 Å². The average Bonchev–Trinajstić information content (AvgIpc) is 2.68. The summed E-state index contributed by atoms with van der Waals surface area (Å²) in [5.41, 5.74) is 11.2. The number of carbonyl (C=O) groups is 1. The Hall–Kier alpha value is -3.08. The van der Waals surface area contributed by atoms with Crippen molar-refractivity contribution in [1.82, 2.24) is 0 Å². The number of para-hydroxylation sites is 1. The minimum absolute atomic E-state index is 0.106. The molecule has 2 aromatic carbocycles. The Kier molecular flexibility index (Phi) is 5.14. The number of hydrogen-bond donors (Lipinski definition) is 1. The molecule has 1 aliphatic rings. The van der Waals surface area contributed by atoms with Crippen molar-refractivity contribution in [2.45, 2.75) is 58.5 Å². The maximum absolute atomic E-state index is 12.3. The van der Waals surface area contributed by atoms with E-state index in [9.17, 15) is 9.59 Å². The standard InChI is InChI=1S/C25H28N2O3/c1-14(2)19-12-20-17(11-24(28)30-23(20)9-15(19)3)13-27-16(4)10-21(25(26)29)18-7-5-6-8-22(18)27/h5-9,11-12,14,16,21H,10,13H2,1-4H3,(H2,26,29)/t16-,21+/m1/s1. The lowest BCUT2D eigenvalue weighted by molar-refractivity contribution is -0.119. The van der Waals surface area contributed by atoms with Crippen molar-refractivity contribution >= 4 is 22.6 Å². The van der Waals surface area contributed by atoms with Crippen molar-refractivity contribution in [1.29, 1.82) is 0 Å². The molecule has 5 heteroatoms. The molecule has 156 valence electrons. The van der Waals surface area contributed by atoms with E-state index in [4.69, 9.17) is 10.2 Å². The van der Waals surface area contributed by atoms with Gasteiger partial charge in [0.15, 0.2) is 0 Å². The Labute approximate surface area is 176 Å². The van der Waals surface area contributed by atoms with E-state index in [1.165, 1.54) is 5.56 Å².